The molecule has 0 radical (unpaired) electrons. The molecule has 0 aromatic heterocycles. The summed E-state index contributed by atoms with van der Waals surface area (Å²) in [6.45, 7) is 15.8. The Morgan fingerprint density at radius 3 is 1.67 bits per heavy atom. The van der Waals surface area contributed by atoms with Crippen molar-refractivity contribution in [3.63, 3.8) is 0 Å². The third-order valence-electron chi connectivity index (χ3n) is 1.14. The van der Waals surface area contributed by atoms with Gasteiger partial charge in [0.25, 0.3) is 0 Å². The van der Waals surface area contributed by atoms with Crippen molar-refractivity contribution in [3.05, 3.63) is 23.4 Å². The Balaban J connectivity index is 0. The van der Waals surface area contributed by atoms with Gasteiger partial charge >= 0.3 is 0 Å². The summed E-state index contributed by atoms with van der Waals surface area (Å²) < 4.78 is 0. The summed E-state index contributed by atoms with van der Waals surface area (Å²) in [6, 6.07) is 0. The van der Waals surface area contributed by atoms with E-state index in [1.54, 1.807) is 6.21 Å². The molecular weight excluding hydrogens is 146 g/mol. The second kappa shape index (κ2) is 8.25. The van der Waals surface area contributed by atoms with Crippen LogP contribution in [0.2, 0.25) is 0 Å². The zero-order valence-electron chi connectivity index (χ0n) is 9.23. The average Bonchev–Trinajstić information content (AvgIpc) is 2.03. The van der Waals surface area contributed by atoms with Crippen LogP contribution in [0.4, 0.5) is 0 Å². The summed E-state index contributed by atoms with van der Waals surface area (Å²) >= 11 is 0. The third-order valence-corrected chi connectivity index (χ3v) is 1.14. The second-order valence-corrected chi connectivity index (χ2v) is 2.52. The molecule has 0 amide bonds. The van der Waals surface area contributed by atoms with Gasteiger partial charge in [-0.05, 0) is 33.3 Å². The summed E-state index contributed by atoms with van der Waals surface area (Å²) in [5.41, 5.74) is 3.26. The number of hydrogen-bond donors (Lipinski definition) is 0. The number of hydrogen-bond acceptors (Lipinski definition) is 1. The Morgan fingerprint density at radius 2 is 1.58 bits per heavy atom. The molecule has 0 aliphatic rings. The van der Waals surface area contributed by atoms with Crippen molar-refractivity contribution in [3.8, 4) is 0 Å². The van der Waals surface area contributed by atoms with E-state index >= 15 is 0 Å². The highest BCUT2D eigenvalue weighted by molar-refractivity contribution is 5.57. The topological polar surface area (TPSA) is 12.4 Å². The Kier molecular flexibility index (Phi) is 9.43. The molecule has 0 atom stereocenters. The fourth-order valence-corrected chi connectivity index (χ4v) is 0.795. The van der Waals surface area contributed by atoms with Gasteiger partial charge in [-0.3, -0.25) is 4.99 Å². The van der Waals surface area contributed by atoms with Gasteiger partial charge < -0.3 is 0 Å². The normalized spacial score (nSPS) is 8.83. The van der Waals surface area contributed by atoms with E-state index in [1.165, 1.54) is 5.57 Å². The minimum Gasteiger partial charge on any atom is -0.261 e. The Hall–Kier alpha value is -0.850. The van der Waals surface area contributed by atoms with E-state index in [4.69, 9.17) is 0 Å². The molecule has 0 rings (SSSR count). The summed E-state index contributed by atoms with van der Waals surface area (Å²) in [5.74, 6) is 0. The van der Waals surface area contributed by atoms with Crippen LogP contribution in [0.5, 0.6) is 0 Å². The first-order valence-electron chi connectivity index (χ1n) is 4.41. The van der Waals surface area contributed by atoms with Crippen LogP contribution in [0.1, 0.15) is 41.5 Å². The molecule has 0 aliphatic heterocycles. The van der Waals surface area contributed by atoms with Crippen molar-refractivity contribution in [1.29, 1.82) is 0 Å². The number of rotatable bonds is 2. The van der Waals surface area contributed by atoms with E-state index in [0.29, 0.717) is 0 Å². The summed E-state index contributed by atoms with van der Waals surface area (Å²) in [6.07, 6.45) is 1.79. The molecule has 0 bridgehead atoms. The first kappa shape index (κ1) is 13.7. The fraction of sp³-hybridized carbons (Fsp3) is 0.545. The number of aliphatic imine (C=N–C) groups is 1. The SMILES string of the molecule is C=C(C)C(N=CC)=C(C)C.CC. The predicted octanol–water partition coefficient (Wildman–Crippen LogP) is 3.97. The lowest BCUT2D eigenvalue weighted by Gasteiger charge is -2.01. The molecular formula is C11H21N. The molecule has 0 aromatic carbocycles. The molecule has 0 N–H and O–H groups in total. The van der Waals surface area contributed by atoms with E-state index in [-0.39, 0.29) is 0 Å². The van der Waals surface area contributed by atoms with Crippen LogP contribution in [-0.2, 0) is 0 Å². The first-order valence-corrected chi connectivity index (χ1v) is 4.41. The number of nitrogens with zero attached hydrogens (tertiary/aromatic N) is 1. The van der Waals surface area contributed by atoms with Crippen LogP contribution in [0.3, 0.4) is 0 Å². The van der Waals surface area contributed by atoms with Gasteiger partial charge in [-0.15, -0.1) is 0 Å². The minimum absolute atomic E-state index is 1.02. The summed E-state index contributed by atoms with van der Waals surface area (Å²) in [4.78, 5) is 4.18. The van der Waals surface area contributed by atoms with E-state index < -0.39 is 0 Å². The highest BCUT2D eigenvalue weighted by atomic mass is 14.7. The maximum Gasteiger partial charge on any atom is 0.0635 e. The molecule has 1 heteroatoms. The molecule has 0 heterocycles. The van der Waals surface area contributed by atoms with Crippen molar-refractivity contribution in [2.24, 2.45) is 4.99 Å². The van der Waals surface area contributed by atoms with Gasteiger partial charge in [0.15, 0.2) is 0 Å². The van der Waals surface area contributed by atoms with Crippen molar-refractivity contribution in [2.45, 2.75) is 41.5 Å². The van der Waals surface area contributed by atoms with Crippen LogP contribution >= 0.6 is 0 Å². The second-order valence-electron chi connectivity index (χ2n) is 2.52. The van der Waals surface area contributed by atoms with Crippen LogP contribution in [-0.4, -0.2) is 6.21 Å². The zero-order valence-corrected chi connectivity index (χ0v) is 9.23. The average molecular weight is 167 g/mol. The molecule has 0 aromatic rings. The van der Waals surface area contributed by atoms with Gasteiger partial charge in [0.05, 0.1) is 5.70 Å². The molecule has 12 heavy (non-hydrogen) atoms. The van der Waals surface area contributed by atoms with Gasteiger partial charge in [-0.25, -0.2) is 0 Å². The maximum absolute atomic E-state index is 4.18. The molecule has 0 fully saturated rings. The van der Waals surface area contributed by atoms with Gasteiger partial charge in [-0.1, -0.05) is 26.0 Å². The minimum atomic E-state index is 1.02. The highest BCUT2D eigenvalue weighted by Crippen LogP contribution is 2.12. The van der Waals surface area contributed by atoms with E-state index in [9.17, 15) is 0 Å². The lowest BCUT2D eigenvalue weighted by molar-refractivity contribution is 1.20. The molecule has 0 spiro atoms. The summed E-state index contributed by atoms with van der Waals surface area (Å²) in [5, 5.41) is 0. The largest absolute Gasteiger partial charge is 0.261 e. The van der Waals surface area contributed by atoms with Gasteiger partial charge in [0.1, 0.15) is 0 Å². The fourth-order valence-electron chi connectivity index (χ4n) is 0.795. The van der Waals surface area contributed by atoms with Crippen molar-refractivity contribution >= 4 is 6.21 Å². The molecule has 1 nitrogen and oxygen atoms in total. The predicted molar refractivity (Wildman–Crippen MR) is 58.7 cm³/mol. The number of allylic oxidation sites excluding steroid dienone is 2. The lowest BCUT2D eigenvalue weighted by Crippen LogP contribution is -1.83. The standard InChI is InChI=1S/C9H15N.C2H6/c1-6-10-9(7(2)3)8(4)5;1-2/h6H,2H2,1,3-5H3;1-2H3. The van der Waals surface area contributed by atoms with Gasteiger partial charge in [0, 0.05) is 6.21 Å². The first-order chi connectivity index (χ1) is 5.59. The maximum atomic E-state index is 4.18. The summed E-state index contributed by atoms with van der Waals surface area (Å²) in [7, 11) is 0. The zero-order chi connectivity index (χ0) is 10.1. The monoisotopic (exact) mass is 167 g/mol. The van der Waals surface area contributed by atoms with Crippen LogP contribution in [0.15, 0.2) is 28.4 Å². The quantitative estimate of drug-likeness (QED) is 0.436. The van der Waals surface area contributed by atoms with E-state index in [2.05, 4.69) is 11.6 Å². The molecule has 0 aliphatic carbocycles. The van der Waals surface area contributed by atoms with Crippen molar-refractivity contribution in [2.75, 3.05) is 0 Å². The van der Waals surface area contributed by atoms with Crippen LogP contribution < -0.4 is 0 Å². The lowest BCUT2D eigenvalue weighted by atomic mass is 10.1. The molecule has 70 valence electrons. The molecule has 0 saturated heterocycles. The third kappa shape index (κ3) is 5.90. The van der Waals surface area contributed by atoms with Gasteiger partial charge in [0.2, 0.25) is 0 Å². The van der Waals surface area contributed by atoms with Gasteiger partial charge in [-0.2, -0.15) is 0 Å². The smallest absolute Gasteiger partial charge is 0.0635 e. The molecule has 0 unspecified atom stereocenters. The van der Waals surface area contributed by atoms with E-state index in [0.717, 1.165) is 11.3 Å². The van der Waals surface area contributed by atoms with Crippen LogP contribution in [0, 0.1) is 0 Å². The molecule has 0 saturated carbocycles. The highest BCUT2D eigenvalue weighted by Gasteiger charge is 1.94. The van der Waals surface area contributed by atoms with Crippen molar-refractivity contribution < 1.29 is 0 Å². The Labute approximate surface area is 76.9 Å². The Morgan fingerprint density at radius 1 is 1.17 bits per heavy atom. The van der Waals surface area contributed by atoms with Crippen LogP contribution in [0.25, 0.3) is 0 Å². The Bertz CT molecular complexity index is 181. The van der Waals surface area contributed by atoms with Crippen molar-refractivity contribution in [1.82, 2.24) is 0 Å². The van der Waals surface area contributed by atoms with E-state index in [1.807, 2.05) is 41.5 Å².